The number of nitrogens with one attached hydrogen (secondary N) is 1. The molecule has 0 spiro atoms. The van der Waals surface area contributed by atoms with Crippen molar-refractivity contribution in [2.75, 3.05) is 47.3 Å². The minimum absolute atomic E-state index is 0.129. The van der Waals surface area contributed by atoms with E-state index in [1.165, 1.54) is 12.8 Å². The largest absolute Gasteiger partial charge is 0.338 e. The molecule has 0 radical (unpaired) electrons. The molecule has 0 saturated carbocycles. The highest BCUT2D eigenvalue weighted by molar-refractivity contribution is 5.90. The molecule has 0 aromatic carbocycles. The molecule has 1 amide bonds. The van der Waals surface area contributed by atoms with Gasteiger partial charge in [-0.2, -0.15) is 0 Å². The number of aromatic nitrogens is 3. The first-order valence-corrected chi connectivity index (χ1v) is 7.50. The number of H-pyrrole nitrogens is 1. The fourth-order valence-corrected chi connectivity index (χ4v) is 2.64. The van der Waals surface area contributed by atoms with Gasteiger partial charge in [0.25, 0.3) is 5.91 Å². The van der Waals surface area contributed by atoms with E-state index in [-0.39, 0.29) is 11.7 Å². The number of carbonyl (C=O) groups is 1. The van der Waals surface area contributed by atoms with Crippen molar-refractivity contribution < 1.29 is 4.79 Å². The van der Waals surface area contributed by atoms with Crippen LogP contribution in [0.15, 0.2) is 0 Å². The summed E-state index contributed by atoms with van der Waals surface area (Å²) < 4.78 is 0. The molecule has 0 bridgehead atoms. The molecule has 1 fully saturated rings. The van der Waals surface area contributed by atoms with E-state index in [1.54, 1.807) is 18.9 Å². The monoisotopic (exact) mass is 294 g/mol. The minimum Gasteiger partial charge on any atom is -0.338 e. The fraction of sp³-hybridized carbons (Fsp3) is 0.786. The van der Waals surface area contributed by atoms with Gasteiger partial charge in [-0.3, -0.25) is 9.89 Å². The second kappa shape index (κ2) is 7.00. The summed E-state index contributed by atoms with van der Waals surface area (Å²) in [5.74, 6) is 0.781. The quantitative estimate of drug-likeness (QED) is 0.841. The summed E-state index contributed by atoms with van der Waals surface area (Å²) in [5, 5.41) is 6.62. The van der Waals surface area contributed by atoms with Crippen molar-refractivity contribution in [3.8, 4) is 0 Å². The van der Waals surface area contributed by atoms with Gasteiger partial charge in [0.2, 0.25) is 5.82 Å². The van der Waals surface area contributed by atoms with E-state index in [0.29, 0.717) is 18.4 Å². The Labute approximate surface area is 126 Å². The lowest BCUT2D eigenvalue weighted by Crippen LogP contribution is -2.44. The summed E-state index contributed by atoms with van der Waals surface area (Å²) in [6, 6.07) is 0.621. The van der Waals surface area contributed by atoms with Crippen molar-refractivity contribution in [1.29, 1.82) is 0 Å². The average Bonchev–Trinajstić information content (AvgIpc) is 2.91. The Balaban J connectivity index is 1.78. The van der Waals surface area contributed by atoms with Crippen LogP contribution in [0.4, 0.5) is 0 Å². The number of hydrogen-bond donors (Lipinski definition) is 1. The van der Waals surface area contributed by atoms with Crippen LogP contribution in [-0.4, -0.2) is 89.2 Å². The van der Waals surface area contributed by atoms with Crippen molar-refractivity contribution >= 4 is 5.91 Å². The lowest BCUT2D eigenvalue weighted by atomic mass is 10.0. The Kier molecular flexibility index (Phi) is 5.30. The van der Waals surface area contributed by atoms with E-state index in [4.69, 9.17) is 0 Å². The number of aromatic amines is 1. The van der Waals surface area contributed by atoms with Gasteiger partial charge in [0.1, 0.15) is 5.82 Å². The molecular formula is C14H26N6O. The molecule has 1 saturated heterocycles. The van der Waals surface area contributed by atoms with Gasteiger partial charge in [0, 0.05) is 26.2 Å². The number of nitrogens with zero attached hydrogens (tertiary/aromatic N) is 5. The van der Waals surface area contributed by atoms with E-state index in [2.05, 4.69) is 39.1 Å². The minimum atomic E-state index is -0.129. The van der Waals surface area contributed by atoms with E-state index < -0.39 is 0 Å². The van der Waals surface area contributed by atoms with Crippen LogP contribution in [0.5, 0.6) is 0 Å². The molecule has 1 aliphatic heterocycles. The molecular weight excluding hydrogens is 268 g/mol. The molecule has 1 aromatic heterocycles. The molecule has 1 aromatic rings. The third kappa shape index (κ3) is 4.25. The highest BCUT2D eigenvalue weighted by atomic mass is 16.2. The highest BCUT2D eigenvalue weighted by Gasteiger charge is 2.22. The summed E-state index contributed by atoms with van der Waals surface area (Å²) in [4.78, 5) is 22.6. The molecule has 7 nitrogen and oxygen atoms in total. The van der Waals surface area contributed by atoms with Crippen LogP contribution >= 0.6 is 0 Å². The number of likely N-dealkylation sites (N-methyl/N-ethyl adjacent to an activating group) is 2. The summed E-state index contributed by atoms with van der Waals surface area (Å²) in [7, 11) is 6.11. The lowest BCUT2D eigenvalue weighted by Gasteiger charge is -2.35. The Morgan fingerprint density at radius 3 is 2.57 bits per heavy atom. The van der Waals surface area contributed by atoms with Gasteiger partial charge in [0.15, 0.2) is 0 Å². The summed E-state index contributed by atoms with van der Waals surface area (Å²) >= 11 is 0. The second-order valence-electron chi connectivity index (χ2n) is 5.99. The number of piperidine rings is 1. The lowest BCUT2D eigenvalue weighted by molar-refractivity contribution is 0.0747. The first kappa shape index (κ1) is 15.9. The summed E-state index contributed by atoms with van der Waals surface area (Å²) in [6.45, 7) is 5.66. The molecule has 2 heterocycles. The van der Waals surface area contributed by atoms with Crippen LogP contribution in [0.1, 0.15) is 29.3 Å². The number of hydrogen-bond acceptors (Lipinski definition) is 5. The standard InChI is InChI=1S/C14H26N6O/c1-11-15-13(17-16-11)14(21)20(4)10-9-19(3)12-5-7-18(2)8-6-12/h12H,5-10H2,1-4H3,(H,15,16,17). The van der Waals surface area contributed by atoms with Gasteiger partial charge in [0.05, 0.1) is 0 Å². The van der Waals surface area contributed by atoms with Crippen molar-refractivity contribution in [1.82, 2.24) is 29.9 Å². The van der Waals surface area contributed by atoms with Gasteiger partial charge < -0.3 is 14.7 Å². The normalized spacial score (nSPS) is 17.4. The molecule has 0 aliphatic carbocycles. The maximum absolute atomic E-state index is 12.1. The van der Waals surface area contributed by atoms with E-state index in [9.17, 15) is 4.79 Å². The number of carbonyl (C=O) groups excluding carboxylic acids is 1. The maximum Gasteiger partial charge on any atom is 0.293 e. The van der Waals surface area contributed by atoms with Crippen LogP contribution in [0.3, 0.4) is 0 Å². The SMILES string of the molecule is Cc1nc(C(=O)N(C)CCN(C)C2CCN(C)CC2)n[nH]1. The first-order chi connectivity index (χ1) is 9.97. The Bertz CT molecular complexity index is 466. The average molecular weight is 294 g/mol. The summed E-state index contributed by atoms with van der Waals surface area (Å²) in [6.07, 6.45) is 2.40. The first-order valence-electron chi connectivity index (χ1n) is 7.50. The molecule has 1 N–H and O–H groups in total. The zero-order valence-corrected chi connectivity index (χ0v) is 13.5. The van der Waals surface area contributed by atoms with Gasteiger partial charge >= 0.3 is 0 Å². The van der Waals surface area contributed by atoms with Crippen LogP contribution < -0.4 is 0 Å². The number of aryl methyl sites for hydroxylation is 1. The zero-order chi connectivity index (χ0) is 15.4. The van der Waals surface area contributed by atoms with Gasteiger partial charge in [-0.25, -0.2) is 4.98 Å². The number of amides is 1. The molecule has 0 unspecified atom stereocenters. The van der Waals surface area contributed by atoms with Crippen molar-refractivity contribution in [3.63, 3.8) is 0 Å². The Morgan fingerprint density at radius 2 is 2.00 bits per heavy atom. The third-order valence-corrected chi connectivity index (χ3v) is 4.23. The number of rotatable bonds is 5. The Hall–Kier alpha value is -1.47. The van der Waals surface area contributed by atoms with E-state index >= 15 is 0 Å². The van der Waals surface area contributed by atoms with E-state index in [1.807, 2.05) is 0 Å². The second-order valence-corrected chi connectivity index (χ2v) is 5.99. The van der Waals surface area contributed by atoms with Crippen LogP contribution in [0.2, 0.25) is 0 Å². The van der Waals surface area contributed by atoms with Crippen molar-refractivity contribution in [2.45, 2.75) is 25.8 Å². The molecule has 118 valence electrons. The maximum atomic E-state index is 12.1. The predicted molar refractivity (Wildman–Crippen MR) is 81.2 cm³/mol. The highest BCUT2D eigenvalue weighted by Crippen LogP contribution is 2.13. The zero-order valence-electron chi connectivity index (χ0n) is 13.5. The topological polar surface area (TPSA) is 68.4 Å². The fourth-order valence-electron chi connectivity index (χ4n) is 2.64. The molecule has 7 heteroatoms. The number of likely N-dealkylation sites (tertiary alicyclic amines) is 1. The molecule has 0 atom stereocenters. The molecule has 2 rings (SSSR count). The van der Waals surface area contributed by atoms with Crippen LogP contribution in [-0.2, 0) is 0 Å². The molecule has 21 heavy (non-hydrogen) atoms. The summed E-state index contributed by atoms with van der Waals surface area (Å²) in [5.41, 5.74) is 0. The predicted octanol–water partition coefficient (Wildman–Crippen LogP) is 0.211. The van der Waals surface area contributed by atoms with Crippen molar-refractivity contribution in [3.05, 3.63) is 11.6 Å². The van der Waals surface area contributed by atoms with Crippen LogP contribution in [0.25, 0.3) is 0 Å². The smallest absolute Gasteiger partial charge is 0.293 e. The van der Waals surface area contributed by atoms with E-state index in [0.717, 1.165) is 19.6 Å². The van der Waals surface area contributed by atoms with Gasteiger partial charge in [-0.15, -0.1) is 5.10 Å². The van der Waals surface area contributed by atoms with Crippen molar-refractivity contribution in [2.24, 2.45) is 0 Å². The van der Waals surface area contributed by atoms with Gasteiger partial charge in [-0.05, 0) is 47.0 Å². The van der Waals surface area contributed by atoms with Crippen LogP contribution in [0, 0.1) is 6.92 Å². The van der Waals surface area contributed by atoms with Gasteiger partial charge in [-0.1, -0.05) is 0 Å². The third-order valence-electron chi connectivity index (χ3n) is 4.23. The Morgan fingerprint density at radius 1 is 1.33 bits per heavy atom. The molecule has 1 aliphatic rings.